The third kappa shape index (κ3) is 2.33. The maximum absolute atomic E-state index is 12.7. The summed E-state index contributed by atoms with van der Waals surface area (Å²) < 4.78 is 0. The highest BCUT2D eigenvalue weighted by Gasteiger charge is 2.38. The summed E-state index contributed by atoms with van der Waals surface area (Å²) in [5.74, 6) is 0.285. The zero-order valence-corrected chi connectivity index (χ0v) is 11.6. The Labute approximate surface area is 115 Å². The highest BCUT2D eigenvalue weighted by molar-refractivity contribution is 5.93. The summed E-state index contributed by atoms with van der Waals surface area (Å²) in [5, 5.41) is 0. The van der Waals surface area contributed by atoms with Gasteiger partial charge in [-0.1, -0.05) is 74.5 Å². The number of carbonyl (C=O) groups excluding carboxylic acids is 1. The Morgan fingerprint density at radius 2 is 1.26 bits per heavy atom. The van der Waals surface area contributed by atoms with Gasteiger partial charge in [-0.2, -0.15) is 0 Å². The number of hydrogen-bond acceptors (Lipinski definition) is 1. The molecule has 0 unspecified atom stereocenters. The van der Waals surface area contributed by atoms with E-state index in [4.69, 9.17) is 0 Å². The normalized spacial score (nSPS) is 11.3. The Kier molecular flexibility index (Phi) is 4.16. The molecular formula is C18H20O. The van der Waals surface area contributed by atoms with Crippen LogP contribution in [0.4, 0.5) is 0 Å². The van der Waals surface area contributed by atoms with Gasteiger partial charge in [0.1, 0.15) is 5.78 Å². The molecule has 2 aromatic carbocycles. The molecule has 0 bridgehead atoms. The standard InChI is InChI=1S/C18H20O/c1-3-17(19)18(4-2,15-11-7-5-8-12-15)16-13-9-6-10-14-16/h5-14H,3-4H2,1-2H3. The molecule has 0 aliphatic rings. The Bertz CT molecular complexity index is 489. The molecule has 0 radical (unpaired) electrons. The fourth-order valence-electron chi connectivity index (χ4n) is 2.84. The molecule has 0 fully saturated rings. The van der Waals surface area contributed by atoms with Crippen LogP contribution < -0.4 is 0 Å². The van der Waals surface area contributed by atoms with Crippen molar-refractivity contribution in [2.24, 2.45) is 0 Å². The third-order valence-electron chi connectivity index (χ3n) is 3.86. The highest BCUT2D eigenvalue weighted by atomic mass is 16.1. The predicted octanol–water partition coefficient (Wildman–Crippen LogP) is 4.36. The molecule has 1 nitrogen and oxygen atoms in total. The van der Waals surface area contributed by atoms with Gasteiger partial charge < -0.3 is 0 Å². The van der Waals surface area contributed by atoms with Crippen LogP contribution in [0.3, 0.4) is 0 Å². The van der Waals surface area contributed by atoms with Gasteiger partial charge in [-0.3, -0.25) is 4.79 Å². The average Bonchev–Trinajstić information content (AvgIpc) is 2.50. The Morgan fingerprint density at radius 1 is 0.842 bits per heavy atom. The zero-order chi connectivity index (χ0) is 13.7. The largest absolute Gasteiger partial charge is 0.298 e. The maximum Gasteiger partial charge on any atom is 0.147 e. The molecule has 0 saturated heterocycles. The van der Waals surface area contributed by atoms with Gasteiger partial charge in [0.05, 0.1) is 5.41 Å². The van der Waals surface area contributed by atoms with Crippen molar-refractivity contribution in [3.05, 3.63) is 71.8 Å². The second-order valence-electron chi connectivity index (χ2n) is 4.77. The molecule has 0 amide bonds. The third-order valence-corrected chi connectivity index (χ3v) is 3.86. The van der Waals surface area contributed by atoms with Gasteiger partial charge in [0.15, 0.2) is 0 Å². The lowest BCUT2D eigenvalue weighted by atomic mass is 9.69. The van der Waals surface area contributed by atoms with Crippen molar-refractivity contribution >= 4 is 5.78 Å². The first-order valence-corrected chi connectivity index (χ1v) is 6.90. The van der Waals surface area contributed by atoms with E-state index in [-0.39, 0.29) is 5.78 Å². The smallest absolute Gasteiger partial charge is 0.147 e. The van der Waals surface area contributed by atoms with Crippen molar-refractivity contribution in [2.45, 2.75) is 32.1 Å². The minimum Gasteiger partial charge on any atom is -0.298 e. The van der Waals surface area contributed by atoms with Crippen LogP contribution in [0.5, 0.6) is 0 Å². The van der Waals surface area contributed by atoms with Crippen molar-refractivity contribution in [3.8, 4) is 0 Å². The van der Waals surface area contributed by atoms with Gasteiger partial charge in [0.2, 0.25) is 0 Å². The summed E-state index contributed by atoms with van der Waals surface area (Å²) >= 11 is 0. The molecule has 0 aromatic heterocycles. The second kappa shape index (κ2) is 5.83. The monoisotopic (exact) mass is 252 g/mol. The molecule has 0 N–H and O–H groups in total. The molecule has 0 heterocycles. The van der Waals surface area contributed by atoms with E-state index in [1.165, 1.54) is 0 Å². The van der Waals surface area contributed by atoms with Gasteiger partial charge in [0.25, 0.3) is 0 Å². The van der Waals surface area contributed by atoms with Crippen molar-refractivity contribution in [3.63, 3.8) is 0 Å². The molecular weight excluding hydrogens is 232 g/mol. The van der Waals surface area contributed by atoms with E-state index in [1.807, 2.05) is 43.3 Å². The average molecular weight is 252 g/mol. The molecule has 0 saturated carbocycles. The summed E-state index contributed by atoms with van der Waals surface area (Å²) in [6.45, 7) is 4.03. The minimum atomic E-state index is -0.503. The lowest BCUT2D eigenvalue weighted by Crippen LogP contribution is -2.36. The van der Waals surface area contributed by atoms with E-state index in [2.05, 4.69) is 31.2 Å². The van der Waals surface area contributed by atoms with E-state index in [9.17, 15) is 4.79 Å². The number of ketones is 1. The summed E-state index contributed by atoms with van der Waals surface area (Å²) in [4.78, 5) is 12.7. The quantitative estimate of drug-likeness (QED) is 0.772. The van der Waals surface area contributed by atoms with Crippen molar-refractivity contribution in [1.29, 1.82) is 0 Å². The molecule has 2 aromatic rings. The van der Waals surface area contributed by atoms with Crippen LogP contribution in [0, 0.1) is 0 Å². The number of rotatable bonds is 5. The van der Waals surface area contributed by atoms with Gasteiger partial charge in [-0.25, -0.2) is 0 Å². The molecule has 0 aliphatic carbocycles. The van der Waals surface area contributed by atoms with Gasteiger partial charge in [-0.15, -0.1) is 0 Å². The highest BCUT2D eigenvalue weighted by Crippen LogP contribution is 2.37. The van der Waals surface area contributed by atoms with E-state index >= 15 is 0 Å². The lowest BCUT2D eigenvalue weighted by molar-refractivity contribution is -0.123. The predicted molar refractivity (Wildman–Crippen MR) is 79.3 cm³/mol. The molecule has 19 heavy (non-hydrogen) atoms. The molecule has 98 valence electrons. The van der Waals surface area contributed by atoms with Crippen molar-refractivity contribution in [2.75, 3.05) is 0 Å². The number of Topliss-reactive ketones (excluding diaryl/α,β-unsaturated/α-hetero) is 1. The Hall–Kier alpha value is -1.89. The summed E-state index contributed by atoms with van der Waals surface area (Å²) in [6.07, 6.45) is 1.34. The molecule has 0 aliphatic heterocycles. The minimum absolute atomic E-state index is 0.285. The summed E-state index contributed by atoms with van der Waals surface area (Å²) in [7, 11) is 0. The first-order valence-electron chi connectivity index (χ1n) is 6.90. The van der Waals surface area contributed by atoms with Crippen LogP contribution in [0.15, 0.2) is 60.7 Å². The van der Waals surface area contributed by atoms with E-state index < -0.39 is 5.41 Å². The van der Waals surface area contributed by atoms with Gasteiger partial charge in [0, 0.05) is 6.42 Å². The number of hydrogen-bond donors (Lipinski definition) is 0. The lowest BCUT2D eigenvalue weighted by Gasteiger charge is -2.32. The van der Waals surface area contributed by atoms with Crippen LogP contribution in [-0.4, -0.2) is 5.78 Å². The number of benzene rings is 2. The fraction of sp³-hybridized carbons (Fsp3) is 0.278. The van der Waals surface area contributed by atoms with Crippen LogP contribution >= 0.6 is 0 Å². The molecule has 1 heteroatoms. The summed E-state index contributed by atoms with van der Waals surface area (Å²) in [5.41, 5.74) is 1.68. The van der Waals surface area contributed by atoms with Gasteiger partial charge in [-0.05, 0) is 17.5 Å². The van der Waals surface area contributed by atoms with E-state index in [0.717, 1.165) is 17.5 Å². The van der Waals surface area contributed by atoms with E-state index in [0.29, 0.717) is 6.42 Å². The SMILES string of the molecule is CCC(=O)C(CC)(c1ccccc1)c1ccccc1. The molecule has 0 atom stereocenters. The molecule has 0 spiro atoms. The van der Waals surface area contributed by atoms with Crippen molar-refractivity contribution < 1.29 is 4.79 Å². The van der Waals surface area contributed by atoms with Crippen LogP contribution in [-0.2, 0) is 10.2 Å². The summed E-state index contributed by atoms with van der Waals surface area (Å²) in [6, 6.07) is 20.2. The Balaban J connectivity index is 2.66. The zero-order valence-electron chi connectivity index (χ0n) is 11.6. The van der Waals surface area contributed by atoms with Crippen LogP contribution in [0.25, 0.3) is 0 Å². The first kappa shape index (κ1) is 13.5. The van der Waals surface area contributed by atoms with Crippen LogP contribution in [0.1, 0.15) is 37.8 Å². The fourth-order valence-corrected chi connectivity index (χ4v) is 2.84. The second-order valence-corrected chi connectivity index (χ2v) is 4.77. The van der Waals surface area contributed by atoms with E-state index in [1.54, 1.807) is 0 Å². The molecule has 2 rings (SSSR count). The van der Waals surface area contributed by atoms with Crippen LogP contribution in [0.2, 0.25) is 0 Å². The Morgan fingerprint density at radius 3 is 1.58 bits per heavy atom. The van der Waals surface area contributed by atoms with Crippen molar-refractivity contribution in [1.82, 2.24) is 0 Å². The first-order chi connectivity index (χ1) is 9.25. The van der Waals surface area contributed by atoms with Gasteiger partial charge >= 0.3 is 0 Å². The maximum atomic E-state index is 12.7. The topological polar surface area (TPSA) is 17.1 Å². The number of carbonyl (C=O) groups is 1.